The number of amides is 1. The number of carbonyl (C=O) groups is 1. The molecule has 1 heterocycles. The van der Waals surface area contributed by atoms with Crippen LogP contribution in [0.4, 0.5) is 5.69 Å². The molecule has 3 rings (SSSR count). The van der Waals surface area contributed by atoms with E-state index in [1.54, 1.807) is 0 Å². The molecule has 1 atom stereocenters. The lowest BCUT2D eigenvalue weighted by molar-refractivity contribution is -0.120. The first-order valence-corrected chi connectivity index (χ1v) is 9.55. The molecule has 0 saturated carbocycles. The van der Waals surface area contributed by atoms with Crippen LogP contribution in [0.25, 0.3) is 0 Å². The molecular formula is C22H29N3O2. The van der Waals surface area contributed by atoms with E-state index in [1.807, 2.05) is 42.3 Å². The Hall–Kier alpha value is -2.37. The van der Waals surface area contributed by atoms with Crippen molar-refractivity contribution >= 4 is 11.6 Å². The molecule has 5 heteroatoms. The smallest absolute Gasteiger partial charge is 0.239 e. The van der Waals surface area contributed by atoms with E-state index in [-0.39, 0.29) is 11.9 Å². The summed E-state index contributed by atoms with van der Waals surface area (Å²) in [5, 5.41) is 3.14. The maximum absolute atomic E-state index is 12.5. The summed E-state index contributed by atoms with van der Waals surface area (Å²) in [6.45, 7) is 6.31. The molecule has 5 nitrogen and oxygen atoms in total. The lowest BCUT2D eigenvalue weighted by atomic mass is 10.0. The fourth-order valence-electron chi connectivity index (χ4n) is 3.48. The number of para-hydroxylation sites is 1. The first-order chi connectivity index (χ1) is 13.1. The largest absolute Gasteiger partial charge is 0.379 e. The number of benzene rings is 2. The Labute approximate surface area is 161 Å². The third-order valence-electron chi connectivity index (χ3n) is 4.98. The van der Waals surface area contributed by atoms with Gasteiger partial charge in [0.1, 0.15) is 0 Å². The molecule has 1 saturated heterocycles. The van der Waals surface area contributed by atoms with Crippen LogP contribution in [-0.2, 0) is 9.53 Å². The van der Waals surface area contributed by atoms with Gasteiger partial charge in [0.2, 0.25) is 5.91 Å². The summed E-state index contributed by atoms with van der Waals surface area (Å²) in [6.07, 6.45) is 0. The highest BCUT2D eigenvalue weighted by Crippen LogP contribution is 2.22. The van der Waals surface area contributed by atoms with Crippen LogP contribution in [0.1, 0.15) is 17.2 Å². The van der Waals surface area contributed by atoms with Crippen LogP contribution in [-0.4, -0.2) is 57.2 Å². The van der Waals surface area contributed by atoms with Crippen LogP contribution in [0.2, 0.25) is 0 Å². The van der Waals surface area contributed by atoms with Crippen molar-refractivity contribution in [1.29, 1.82) is 0 Å². The van der Waals surface area contributed by atoms with Crippen molar-refractivity contribution in [2.45, 2.75) is 13.0 Å². The van der Waals surface area contributed by atoms with Gasteiger partial charge in [-0.1, -0.05) is 48.0 Å². The number of anilines is 1. The molecule has 2 aromatic carbocycles. The minimum atomic E-state index is 0.0345. The lowest BCUT2D eigenvalue weighted by Crippen LogP contribution is -2.45. The highest BCUT2D eigenvalue weighted by molar-refractivity contribution is 5.81. The molecule has 1 aliphatic heterocycles. The molecule has 1 N–H and O–H groups in total. The maximum atomic E-state index is 12.5. The molecule has 144 valence electrons. The van der Waals surface area contributed by atoms with E-state index >= 15 is 0 Å². The van der Waals surface area contributed by atoms with Crippen LogP contribution in [0.15, 0.2) is 54.6 Å². The van der Waals surface area contributed by atoms with Gasteiger partial charge in [0.25, 0.3) is 0 Å². The van der Waals surface area contributed by atoms with Crippen LogP contribution in [0.3, 0.4) is 0 Å². The van der Waals surface area contributed by atoms with Gasteiger partial charge in [0.15, 0.2) is 0 Å². The molecule has 0 bridgehead atoms. The maximum Gasteiger partial charge on any atom is 0.239 e. The molecule has 27 heavy (non-hydrogen) atoms. The van der Waals surface area contributed by atoms with E-state index in [2.05, 4.69) is 41.4 Å². The fraction of sp³-hybridized carbons (Fsp3) is 0.409. The van der Waals surface area contributed by atoms with Crippen molar-refractivity contribution in [3.63, 3.8) is 0 Å². The third kappa shape index (κ3) is 5.55. The van der Waals surface area contributed by atoms with Crippen molar-refractivity contribution in [1.82, 2.24) is 10.2 Å². The van der Waals surface area contributed by atoms with Gasteiger partial charge < -0.3 is 15.0 Å². The molecule has 2 aromatic rings. The summed E-state index contributed by atoms with van der Waals surface area (Å²) in [7, 11) is 1.94. The number of hydrogen-bond donors (Lipinski definition) is 1. The van der Waals surface area contributed by atoms with E-state index in [0.29, 0.717) is 13.1 Å². The van der Waals surface area contributed by atoms with E-state index in [4.69, 9.17) is 4.74 Å². The number of morpholine rings is 1. The molecule has 1 aliphatic rings. The summed E-state index contributed by atoms with van der Waals surface area (Å²) >= 11 is 0. The van der Waals surface area contributed by atoms with Crippen molar-refractivity contribution in [2.75, 3.05) is 51.3 Å². The van der Waals surface area contributed by atoms with Gasteiger partial charge in [-0.25, -0.2) is 0 Å². The number of rotatable bonds is 7. The minimum absolute atomic E-state index is 0.0345. The van der Waals surface area contributed by atoms with E-state index in [1.165, 1.54) is 11.1 Å². The average molecular weight is 367 g/mol. The Morgan fingerprint density at radius 1 is 1.15 bits per heavy atom. The Morgan fingerprint density at radius 2 is 1.89 bits per heavy atom. The monoisotopic (exact) mass is 367 g/mol. The SMILES string of the molecule is Cc1cccc(C(CNC(=O)CN(C)c2ccccc2)N2CCOCC2)c1. The van der Waals surface area contributed by atoms with Gasteiger partial charge in [-0.2, -0.15) is 0 Å². The lowest BCUT2D eigenvalue weighted by Gasteiger charge is -2.35. The first kappa shape index (κ1) is 19.4. The Bertz CT molecular complexity index is 729. The van der Waals surface area contributed by atoms with Crippen molar-refractivity contribution in [3.8, 4) is 0 Å². The highest BCUT2D eigenvalue weighted by Gasteiger charge is 2.23. The van der Waals surface area contributed by atoms with Crippen molar-refractivity contribution < 1.29 is 9.53 Å². The van der Waals surface area contributed by atoms with Crippen LogP contribution in [0, 0.1) is 6.92 Å². The summed E-state index contributed by atoms with van der Waals surface area (Å²) in [6, 6.07) is 18.7. The van der Waals surface area contributed by atoms with Gasteiger partial charge >= 0.3 is 0 Å². The third-order valence-corrected chi connectivity index (χ3v) is 4.98. The number of aryl methyl sites for hydroxylation is 1. The number of nitrogens with zero attached hydrogens (tertiary/aromatic N) is 2. The molecule has 0 radical (unpaired) electrons. The van der Waals surface area contributed by atoms with E-state index < -0.39 is 0 Å². The number of carbonyl (C=O) groups excluding carboxylic acids is 1. The van der Waals surface area contributed by atoms with Gasteiger partial charge in [-0.05, 0) is 24.6 Å². The van der Waals surface area contributed by atoms with Gasteiger partial charge in [0.05, 0.1) is 25.8 Å². The molecule has 1 unspecified atom stereocenters. The van der Waals surface area contributed by atoms with Crippen molar-refractivity contribution in [3.05, 3.63) is 65.7 Å². The number of likely N-dealkylation sites (N-methyl/N-ethyl adjacent to an activating group) is 1. The fourth-order valence-corrected chi connectivity index (χ4v) is 3.48. The second kappa shape index (κ2) is 9.53. The minimum Gasteiger partial charge on any atom is -0.379 e. The highest BCUT2D eigenvalue weighted by atomic mass is 16.5. The summed E-state index contributed by atoms with van der Waals surface area (Å²) in [5.41, 5.74) is 3.52. The van der Waals surface area contributed by atoms with E-state index in [9.17, 15) is 4.79 Å². The van der Waals surface area contributed by atoms with Crippen LogP contribution < -0.4 is 10.2 Å². The molecule has 0 aromatic heterocycles. The van der Waals surface area contributed by atoms with Crippen LogP contribution >= 0.6 is 0 Å². The second-order valence-electron chi connectivity index (χ2n) is 7.07. The summed E-state index contributed by atoms with van der Waals surface area (Å²) < 4.78 is 5.50. The summed E-state index contributed by atoms with van der Waals surface area (Å²) in [5.74, 6) is 0.0345. The first-order valence-electron chi connectivity index (χ1n) is 9.55. The normalized spacial score (nSPS) is 15.9. The quantitative estimate of drug-likeness (QED) is 0.817. The Morgan fingerprint density at radius 3 is 2.59 bits per heavy atom. The topological polar surface area (TPSA) is 44.8 Å². The van der Waals surface area contributed by atoms with Crippen LogP contribution in [0.5, 0.6) is 0 Å². The predicted octanol–water partition coefficient (Wildman–Crippen LogP) is 2.62. The average Bonchev–Trinajstić information content (AvgIpc) is 2.70. The van der Waals surface area contributed by atoms with E-state index in [0.717, 1.165) is 32.0 Å². The standard InChI is InChI=1S/C22H29N3O2/c1-18-7-6-8-19(15-18)21(25-11-13-27-14-12-25)16-23-22(26)17-24(2)20-9-4-3-5-10-20/h3-10,15,21H,11-14,16-17H2,1-2H3,(H,23,26). The zero-order chi connectivity index (χ0) is 19.1. The molecule has 1 amide bonds. The van der Waals surface area contributed by atoms with Crippen molar-refractivity contribution in [2.24, 2.45) is 0 Å². The zero-order valence-corrected chi connectivity index (χ0v) is 16.2. The van der Waals surface area contributed by atoms with Gasteiger partial charge in [-0.15, -0.1) is 0 Å². The Balaban J connectivity index is 1.62. The van der Waals surface area contributed by atoms with Gasteiger partial charge in [-0.3, -0.25) is 9.69 Å². The number of nitrogens with one attached hydrogen (secondary N) is 1. The second-order valence-corrected chi connectivity index (χ2v) is 7.07. The molecule has 0 spiro atoms. The summed E-state index contributed by atoms with van der Waals surface area (Å²) in [4.78, 5) is 16.9. The molecular weight excluding hydrogens is 338 g/mol. The Kier molecular flexibility index (Phi) is 6.85. The molecule has 0 aliphatic carbocycles. The zero-order valence-electron chi connectivity index (χ0n) is 16.2. The number of hydrogen-bond acceptors (Lipinski definition) is 4. The predicted molar refractivity (Wildman–Crippen MR) is 109 cm³/mol. The van der Waals surface area contributed by atoms with Gasteiger partial charge in [0, 0.05) is 32.4 Å². The number of ether oxygens (including phenoxy) is 1. The molecule has 1 fully saturated rings.